The highest BCUT2D eigenvalue weighted by atomic mass is 127. The van der Waals surface area contributed by atoms with Crippen molar-refractivity contribution in [1.82, 2.24) is 10.6 Å². The number of hydrogen-bond donors (Lipinski definition) is 3. The van der Waals surface area contributed by atoms with E-state index in [9.17, 15) is 9.00 Å². The Morgan fingerprint density at radius 1 is 1.34 bits per heavy atom. The van der Waals surface area contributed by atoms with E-state index in [0.717, 1.165) is 31.2 Å². The summed E-state index contributed by atoms with van der Waals surface area (Å²) in [5.41, 5.74) is 1.67. The number of benzene rings is 1. The van der Waals surface area contributed by atoms with Crippen LogP contribution in [0.3, 0.4) is 0 Å². The van der Waals surface area contributed by atoms with E-state index in [-0.39, 0.29) is 41.2 Å². The first-order valence-corrected chi connectivity index (χ1v) is 11.6. The number of aliphatic imine (C=N–C) groups is 1. The molecule has 0 bridgehead atoms. The summed E-state index contributed by atoms with van der Waals surface area (Å²) in [6.45, 7) is 4.39. The summed E-state index contributed by atoms with van der Waals surface area (Å²) in [5.74, 6) is 1.28. The van der Waals surface area contributed by atoms with Crippen LogP contribution in [0.5, 0.6) is 0 Å². The molecule has 1 saturated carbocycles. The van der Waals surface area contributed by atoms with Crippen LogP contribution in [0.15, 0.2) is 23.2 Å². The van der Waals surface area contributed by atoms with E-state index in [0.29, 0.717) is 35.4 Å². The molecule has 0 saturated heterocycles. The number of carbonyl (C=O) groups excluding carboxylic acids is 1. The number of carbonyl (C=O) groups is 1. The molecule has 1 fully saturated rings. The Bertz CT molecular complexity index is 732. The van der Waals surface area contributed by atoms with E-state index in [1.165, 1.54) is 0 Å². The van der Waals surface area contributed by atoms with Gasteiger partial charge in [-0.25, -0.2) is 0 Å². The van der Waals surface area contributed by atoms with Gasteiger partial charge in [-0.3, -0.25) is 14.0 Å². The van der Waals surface area contributed by atoms with Crippen LogP contribution in [0, 0.1) is 6.92 Å². The third-order valence-corrected chi connectivity index (χ3v) is 6.94. The first kappa shape index (κ1) is 26.2. The molecule has 0 radical (unpaired) electrons. The minimum absolute atomic E-state index is 0. The van der Waals surface area contributed by atoms with E-state index >= 15 is 0 Å². The molecule has 0 spiro atoms. The normalized spacial score (nSPS) is 20.3. The van der Waals surface area contributed by atoms with E-state index in [2.05, 4.69) is 20.9 Å². The topological polar surface area (TPSA) is 82.6 Å². The highest BCUT2D eigenvalue weighted by Gasteiger charge is 2.26. The number of nitrogens with one attached hydrogen (secondary N) is 3. The maximum atomic E-state index is 12.2. The lowest BCUT2D eigenvalue weighted by Crippen LogP contribution is -2.47. The molecule has 1 aromatic carbocycles. The number of nitrogens with zero attached hydrogens (tertiary/aromatic N) is 1. The molecule has 1 amide bonds. The average molecular weight is 555 g/mol. The van der Waals surface area contributed by atoms with Crippen molar-refractivity contribution < 1.29 is 9.00 Å². The van der Waals surface area contributed by atoms with Gasteiger partial charge >= 0.3 is 0 Å². The Morgan fingerprint density at radius 2 is 2.10 bits per heavy atom. The summed E-state index contributed by atoms with van der Waals surface area (Å²) in [7, 11) is 0.965. The lowest BCUT2D eigenvalue weighted by molar-refractivity contribution is -0.116. The van der Waals surface area contributed by atoms with Crippen LogP contribution in [0.25, 0.3) is 0 Å². The maximum absolute atomic E-state index is 12.2. The smallest absolute Gasteiger partial charge is 0.226 e. The molecule has 1 aliphatic rings. The first-order chi connectivity index (χ1) is 13.4. The molecule has 9 heteroatoms. The van der Waals surface area contributed by atoms with Gasteiger partial charge < -0.3 is 16.0 Å². The van der Waals surface area contributed by atoms with Crippen molar-refractivity contribution >= 4 is 63.9 Å². The zero-order valence-electron chi connectivity index (χ0n) is 17.3. The molecule has 29 heavy (non-hydrogen) atoms. The van der Waals surface area contributed by atoms with Gasteiger partial charge in [-0.15, -0.1) is 24.0 Å². The van der Waals surface area contributed by atoms with Crippen LogP contribution in [0.1, 0.15) is 44.6 Å². The van der Waals surface area contributed by atoms with Crippen molar-refractivity contribution in [3.63, 3.8) is 0 Å². The van der Waals surface area contributed by atoms with Crippen LogP contribution in [0.4, 0.5) is 5.69 Å². The van der Waals surface area contributed by atoms with Crippen LogP contribution in [0.2, 0.25) is 5.02 Å². The van der Waals surface area contributed by atoms with Crippen molar-refractivity contribution in [3.05, 3.63) is 28.8 Å². The van der Waals surface area contributed by atoms with E-state index in [4.69, 9.17) is 11.6 Å². The van der Waals surface area contributed by atoms with Gasteiger partial charge in [0, 0.05) is 47.9 Å². The number of amides is 1. The number of hydrogen-bond acceptors (Lipinski definition) is 3. The Morgan fingerprint density at radius 3 is 2.76 bits per heavy atom. The van der Waals surface area contributed by atoms with Crippen LogP contribution >= 0.6 is 35.6 Å². The van der Waals surface area contributed by atoms with Gasteiger partial charge in [0.1, 0.15) is 0 Å². The highest BCUT2D eigenvalue weighted by Crippen LogP contribution is 2.23. The predicted octanol–water partition coefficient (Wildman–Crippen LogP) is 3.84. The second-order valence-electron chi connectivity index (χ2n) is 7.08. The first-order valence-electron chi connectivity index (χ1n) is 9.83. The second-order valence-corrected chi connectivity index (χ2v) is 9.49. The fraction of sp³-hybridized carbons (Fsp3) is 0.600. The number of guanidine groups is 1. The molecule has 0 heterocycles. The van der Waals surface area contributed by atoms with Crippen LogP contribution in [-0.2, 0) is 15.6 Å². The summed E-state index contributed by atoms with van der Waals surface area (Å²) >= 11 is 6.15. The Balaban J connectivity index is 0.00000420. The van der Waals surface area contributed by atoms with Gasteiger partial charge in [0.15, 0.2) is 5.96 Å². The average Bonchev–Trinajstić information content (AvgIpc) is 2.69. The molecule has 3 N–H and O–H groups in total. The minimum atomic E-state index is -0.750. The highest BCUT2D eigenvalue weighted by molar-refractivity contribution is 14.0. The van der Waals surface area contributed by atoms with Crippen molar-refractivity contribution in [2.45, 2.75) is 57.2 Å². The van der Waals surface area contributed by atoms with Crippen molar-refractivity contribution in [1.29, 1.82) is 0 Å². The standard InChI is InChI=1S/C20H31ClN4O2S.HI/c1-4-28(27)16-7-5-6-15(13-16)24-20(22-3)23-11-10-19(26)25-18-9-8-14(2)12-17(18)21;/h8-9,12,15-16H,4-7,10-11,13H2,1-3H3,(H,25,26)(H2,22,23,24);1H. The molecule has 0 aliphatic heterocycles. The van der Waals surface area contributed by atoms with Crippen molar-refractivity contribution in [2.75, 3.05) is 24.7 Å². The minimum Gasteiger partial charge on any atom is -0.356 e. The lowest BCUT2D eigenvalue weighted by Gasteiger charge is -2.30. The third-order valence-electron chi connectivity index (χ3n) is 4.89. The number of rotatable bonds is 7. The third kappa shape index (κ3) is 8.80. The molecule has 164 valence electrons. The Kier molecular flexibility index (Phi) is 12.1. The monoisotopic (exact) mass is 554 g/mol. The van der Waals surface area contributed by atoms with E-state index in [1.807, 2.05) is 32.0 Å². The van der Waals surface area contributed by atoms with Gasteiger partial charge in [-0.1, -0.05) is 31.0 Å². The molecular formula is C20H32ClIN4O2S. The molecule has 3 unspecified atom stereocenters. The van der Waals surface area contributed by atoms with Crippen LogP contribution in [-0.4, -0.2) is 46.7 Å². The summed E-state index contributed by atoms with van der Waals surface area (Å²) in [5, 5.41) is 10.2. The quantitative estimate of drug-likeness (QED) is 0.272. The van der Waals surface area contributed by atoms with E-state index < -0.39 is 10.8 Å². The summed E-state index contributed by atoms with van der Waals surface area (Å²) in [6.07, 6.45) is 4.35. The van der Waals surface area contributed by atoms with Crippen molar-refractivity contribution in [3.8, 4) is 0 Å². The van der Waals surface area contributed by atoms with Gasteiger partial charge in [-0.2, -0.15) is 0 Å². The fourth-order valence-corrected chi connectivity index (χ4v) is 5.00. The Labute approximate surface area is 198 Å². The molecule has 1 aliphatic carbocycles. The van der Waals surface area contributed by atoms with Crippen LogP contribution < -0.4 is 16.0 Å². The van der Waals surface area contributed by atoms with Gasteiger partial charge in [0.25, 0.3) is 0 Å². The van der Waals surface area contributed by atoms with Gasteiger partial charge in [0.2, 0.25) is 5.91 Å². The molecule has 3 atom stereocenters. The summed E-state index contributed by atoms with van der Waals surface area (Å²) in [4.78, 5) is 16.4. The maximum Gasteiger partial charge on any atom is 0.226 e. The molecular weight excluding hydrogens is 523 g/mol. The predicted molar refractivity (Wildman–Crippen MR) is 134 cm³/mol. The molecule has 0 aromatic heterocycles. The fourth-order valence-electron chi connectivity index (χ4n) is 3.37. The second kappa shape index (κ2) is 13.4. The molecule has 1 aromatic rings. The zero-order valence-corrected chi connectivity index (χ0v) is 21.2. The number of halogens is 2. The van der Waals surface area contributed by atoms with E-state index in [1.54, 1.807) is 7.05 Å². The largest absolute Gasteiger partial charge is 0.356 e. The lowest BCUT2D eigenvalue weighted by atomic mass is 9.95. The van der Waals surface area contributed by atoms with Gasteiger partial charge in [0.05, 0.1) is 10.7 Å². The SMILES string of the molecule is CCS(=O)C1CCCC(NC(=NC)NCCC(=O)Nc2ccc(C)cc2Cl)C1.I. The Hall–Kier alpha value is -0.870. The zero-order chi connectivity index (χ0) is 20.5. The van der Waals surface area contributed by atoms with Crippen molar-refractivity contribution in [2.24, 2.45) is 4.99 Å². The number of aryl methyl sites for hydroxylation is 1. The molecule has 6 nitrogen and oxygen atoms in total. The number of anilines is 1. The summed E-state index contributed by atoms with van der Waals surface area (Å²) < 4.78 is 12.1. The van der Waals surface area contributed by atoms with Gasteiger partial charge in [-0.05, 0) is 43.9 Å². The molecule has 2 rings (SSSR count). The summed E-state index contributed by atoms with van der Waals surface area (Å²) in [6, 6.07) is 5.81.